The molecular weight excluding hydrogens is 202 g/mol. The topological polar surface area (TPSA) is 54.9 Å². The number of halogens is 1. The van der Waals surface area contributed by atoms with Crippen molar-refractivity contribution in [1.29, 1.82) is 0 Å². The molecule has 4 nitrogen and oxygen atoms in total. The van der Waals surface area contributed by atoms with E-state index in [1.807, 2.05) is 18.2 Å². The van der Waals surface area contributed by atoms with Crippen molar-refractivity contribution >= 4 is 34.9 Å². The van der Waals surface area contributed by atoms with E-state index >= 15 is 0 Å². The molecule has 1 amide bonds. The second-order valence-corrected chi connectivity index (χ2v) is 2.98. The summed E-state index contributed by atoms with van der Waals surface area (Å²) in [4.78, 5) is 18.2. The molecule has 0 aliphatic heterocycles. The molecule has 0 saturated carbocycles. The van der Waals surface area contributed by atoms with Crippen molar-refractivity contribution in [3.8, 4) is 0 Å². The fourth-order valence-corrected chi connectivity index (χ4v) is 1.39. The number of anilines is 1. The Kier molecular flexibility index (Phi) is 2.28. The summed E-state index contributed by atoms with van der Waals surface area (Å²) in [5, 5.41) is 3.46. The van der Waals surface area contributed by atoms with Crippen molar-refractivity contribution in [2.75, 3.05) is 5.32 Å². The van der Waals surface area contributed by atoms with Crippen LogP contribution in [0.25, 0.3) is 10.9 Å². The van der Waals surface area contributed by atoms with Gasteiger partial charge in [-0.1, -0.05) is 23.7 Å². The van der Waals surface area contributed by atoms with Crippen molar-refractivity contribution in [1.82, 2.24) is 9.97 Å². The number of carbonyl (C=O) groups excluding carboxylic acids is 1. The van der Waals surface area contributed by atoms with Crippen molar-refractivity contribution in [3.63, 3.8) is 0 Å². The maximum absolute atomic E-state index is 10.2. The van der Waals surface area contributed by atoms with Crippen LogP contribution in [-0.4, -0.2) is 16.4 Å². The molecule has 0 radical (unpaired) electrons. The molecule has 1 heterocycles. The Labute approximate surface area is 84.9 Å². The second-order valence-electron chi connectivity index (χ2n) is 2.62. The number of nitrogens with zero attached hydrogens (tertiary/aromatic N) is 2. The van der Waals surface area contributed by atoms with Crippen LogP contribution >= 0.6 is 11.6 Å². The molecule has 0 atom stereocenters. The number of amides is 1. The van der Waals surface area contributed by atoms with E-state index < -0.39 is 0 Å². The van der Waals surface area contributed by atoms with E-state index in [-0.39, 0.29) is 5.95 Å². The highest BCUT2D eigenvalue weighted by molar-refractivity contribution is 6.34. The summed E-state index contributed by atoms with van der Waals surface area (Å²) < 4.78 is 0. The van der Waals surface area contributed by atoms with Crippen LogP contribution in [0.5, 0.6) is 0 Å². The summed E-state index contributed by atoms with van der Waals surface area (Å²) in [6, 6.07) is 7.32. The van der Waals surface area contributed by atoms with E-state index in [1.165, 1.54) is 0 Å². The Morgan fingerprint density at radius 1 is 1.29 bits per heavy atom. The van der Waals surface area contributed by atoms with Crippen molar-refractivity contribution in [3.05, 3.63) is 29.4 Å². The molecule has 70 valence electrons. The van der Waals surface area contributed by atoms with Gasteiger partial charge in [-0.15, -0.1) is 0 Å². The average Bonchev–Trinajstić information content (AvgIpc) is 2.18. The minimum atomic E-state index is 0.212. The lowest BCUT2D eigenvalue weighted by molar-refractivity contribution is -0.105. The van der Waals surface area contributed by atoms with Crippen molar-refractivity contribution < 1.29 is 4.79 Å². The summed E-state index contributed by atoms with van der Waals surface area (Å²) in [5.74, 6) is 0.212. The van der Waals surface area contributed by atoms with Gasteiger partial charge in [-0.25, -0.2) is 9.97 Å². The number of carbonyl (C=O) groups is 1. The molecule has 1 N–H and O–H groups in total. The van der Waals surface area contributed by atoms with Gasteiger partial charge in [0.1, 0.15) is 5.15 Å². The molecule has 1 aromatic heterocycles. The molecule has 0 aliphatic rings. The van der Waals surface area contributed by atoms with Gasteiger partial charge in [0.15, 0.2) is 0 Å². The molecule has 0 fully saturated rings. The van der Waals surface area contributed by atoms with Gasteiger partial charge < -0.3 is 0 Å². The maximum Gasteiger partial charge on any atom is 0.231 e. The lowest BCUT2D eigenvalue weighted by Crippen LogP contribution is -2.00. The second kappa shape index (κ2) is 3.59. The van der Waals surface area contributed by atoms with Gasteiger partial charge in [0, 0.05) is 5.39 Å². The third-order valence-corrected chi connectivity index (χ3v) is 2.03. The minimum absolute atomic E-state index is 0.212. The first-order valence-corrected chi connectivity index (χ1v) is 4.31. The molecular formula is C9H6ClN3O. The molecule has 0 saturated heterocycles. The number of para-hydroxylation sites is 1. The van der Waals surface area contributed by atoms with E-state index in [4.69, 9.17) is 11.6 Å². The fraction of sp³-hybridized carbons (Fsp3) is 0. The molecule has 2 aromatic rings. The van der Waals surface area contributed by atoms with Gasteiger partial charge >= 0.3 is 0 Å². The first-order chi connectivity index (χ1) is 6.81. The van der Waals surface area contributed by atoms with E-state index in [0.717, 1.165) is 5.39 Å². The predicted molar refractivity (Wildman–Crippen MR) is 54.2 cm³/mol. The molecule has 1 aromatic carbocycles. The van der Waals surface area contributed by atoms with Gasteiger partial charge in [0.25, 0.3) is 0 Å². The lowest BCUT2D eigenvalue weighted by Gasteiger charge is -2.01. The first-order valence-electron chi connectivity index (χ1n) is 3.94. The zero-order valence-electron chi connectivity index (χ0n) is 7.07. The smallest absolute Gasteiger partial charge is 0.231 e. The minimum Gasteiger partial charge on any atom is -0.297 e. The predicted octanol–water partition coefficient (Wildman–Crippen LogP) is 1.85. The largest absolute Gasteiger partial charge is 0.297 e. The Morgan fingerprint density at radius 2 is 2.07 bits per heavy atom. The number of benzene rings is 1. The normalized spacial score (nSPS) is 10.1. The average molecular weight is 208 g/mol. The summed E-state index contributed by atoms with van der Waals surface area (Å²) in [6.07, 6.45) is 0.514. The van der Waals surface area contributed by atoms with Gasteiger partial charge in [0.05, 0.1) is 5.52 Å². The Balaban J connectivity index is 2.65. The molecule has 0 bridgehead atoms. The van der Waals surface area contributed by atoms with Crippen LogP contribution in [0.3, 0.4) is 0 Å². The molecule has 14 heavy (non-hydrogen) atoms. The van der Waals surface area contributed by atoms with E-state index in [2.05, 4.69) is 15.3 Å². The number of hydrogen-bond donors (Lipinski definition) is 1. The van der Waals surface area contributed by atoms with Crippen LogP contribution < -0.4 is 5.32 Å². The number of hydrogen-bond acceptors (Lipinski definition) is 3. The van der Waals surface area contributed by atoms with Gasteiger partial charge in [0.2, 0.25) is 12.4 Å². The van der Waals surface area contributed by atoms with Crippen LogP contribution in [-0.2, 0) is 4.79 Å². The van der Waals surface area contributed by atoms with Gasteiger partial charge in [-0.05, 0) is 12.1 Å². The van der Waals surface area contributed by atoms with Crippen LogP contribution in [0, 0.1) is 0 Å². The molecule has 0 spiro atoms. The highest BCUT2D eigenvalue weighted by Gasteiger charge is 2.03. The SMILES string of the molecule is O=CNc1nc(Cl)c2ccccc2n1. The van der Waals surface area contributed by atoms with E-state index in [9.17, 15) is 4.79 Å². The van der Waals surface area contributed by atoms with Gasteiger partial charge in [-0.3, -0.25) is 10.1 Å². The van der Waals surface area contributed by atoms with Gasteiger partial charge in [-0.2, -0.15) is 0 Å². The van der Waals surface area contributed by atoms with E-state index in [1.54, 1.807) is 6.07 Å². The van der Waals surface area contributed by atoms with Crippen molar-refractivity contribution in [2.24, 2.45) is 0 Å². The number of nitrogens with one attached hydrogen (secondary N) is 1. The standard InChI is InChI=1S/C9H6ClN3O/c10-8-6-3-1-2-4-7(6)12-9(13-8)11-5-14/h1-5H,(H,11,12,13,14). The van der Waals surface area contributed by atoms with Crippen LogP contribution in [0.4, 0.5) is 5.95 Å². The lowest BCUT2D eigenvalue weighted by atomic mass is 10.2. The zero-order chi connectivity index (χ0) is 9.97. The summed E-state index contributed by atoms with van der Waals surface area (Å²) in [7, 11) is 0. The van der Waals surface area contributed by atoms with E-state index in [0.29, 0.717) is 17.1 Å². The summed E-state index contributed by atoms with van der Waals surface area (Å²) >= 11 is 5.89. The quantitative estimate of drug-likeness (QED) is 0.604. The zero-order valence-corrected chi connectivity index (χ0v) is 7.82. The summed E-state index contributed by atoms with van der Waals surface area (Å²) in [6.45, 7) is 0. The van der Waals surface area contributed by atoms with Crippen LogP contribution in [0.2, 0.25) is 5.15 Å². The highest BCUT2D eigenvalue weighted by atomic mass is 35.5. The first kappa shape index (κ1) is 8.90. The fourth-order valence-electron chi connectivity index (χ4n) is 1.16. The summed E-state index contributed by atoms with van der Waals surface area (Å²) in [5.41, 5.74) is 0.705. The van der Waals surface area contributed by atoms with Crippen LogP contribution in [0.1, 0.15) is 0 Å². The highest BCUT2D eigenvalue weighted by Crippen LogP contribution is 2.20. The Bertz CT molecular complexity index is 486. The Morgan fingerprint density at radius 3 is 2.86 bits per heavy atom. The number of aromatic nitrogens is 2. The molecule has 2 rings (SSSR count). The maximum atomic E-state index is 10.2. The third-order valence-electron chi connectivity index (χ3n) is 1.74. The third kappa shape index (κ3) is 1.52. The monoisotopic (exact) mass is 207 g/mol. The molecule has 0 unspecified atom stereocenters. The number of rotatable bonds is 2. The molecule has 0 aliphatic carbocycles. The number of fused-ring (bicyclic) bond motifs is 1. The Hall–Kier alpha value is -1.68. The van der Waals surface area contributed by atoms with Crippen LogP contribution in [0.15, 0.2) is 24.3 Å². The molecule has 5 heteroatoms. The van der Waals surface area contributed by atoms with Crippen molar-refractivity contribution in [2.45, 2.75) is 0 Å².